The summed E-state index contributed by atoms with van der Waals surface area (Å²) in [6.45, 7) is 5.41. The maximum atomic E-state index is 12.3. The number of para-hydroxylation sites is 1. The second-order valence-corrected chi connectivity index (χ2v) is 5.04. The number of hydrogen-bond acceptors (Lipinski definition) is 3. The fourth-order valence-corrected chi connectivity index (χ4v) is 2.72. The molecule has 1 aliphatic rings. The van der Waals surface area contributed by atoms with E-state index in [2.05, 4.69) is 11.9 Å². The summed E-state index contributed by atoms with van der Waals surface area (Å²) < 4.78 is 0. The minimum Gasteiger partial charge on any atom is -0.397 e. The van der Waals surface area contributed by atoms with Crippen LogP contribution in [0.15, 0.2) is 18.2 Å². The molecule has 2 aromatic rings. The summed E-state index contributed by atoms with van der Waals surface area (Å²) in [5, 5.41) is 0.880. The lowest BCUT2D eigenvalue weighted by Crippen LogP contribution is -2.24. The van der Waals surface area contributed by atoms with Crippen LogP contribution >= 0.6 is 0 Å². The van der Waals surface area contributed by atoms with Gasteiger partial charge in [-0.25, -0.2) is 4.98 Å². The van der Waals surface area contributed by atoms with Gasteiger partial charge in [0, 0.05) is 11.9 Å². The zero-order valence-corrected chi connectivity index (χ0v) is 11.2. The second-order valence-electron chi connectivity index (χ2n) is 5.04. The van der Waals surface area contributed by atoms with E-state index in [4.69, 9.17) is 5.73 Å². The van der Waals surface area contributed by atoms with E-state index in [0.717, 1.165) is 35.1 Å². The van der Waals surface area contributed by atoms with Gasteiger partial charge in [-0.3, -0.25) is 4.79 Å². The van der Waals surface area contributed by atoms with Crippen molar-refractivity contribution < 1.29 is 4.79 Å². The van der Waals surface area contributed by atoms with Gasteiger partial charge in [-0.05, 0) is 18.9 Å². The van der Waals surface area contributed by atoms with E-state index in [-0.39, 0.29) is 5.91 Å². The number of fused-ring (bicyclic) bond motifs is 2. The number of carbonyl (C=O) groups is 1. The Morgan fingerprint density at radius 2 is 2.21 bits per heavy atom. The predicted octanol–water partition coefficient (Wildman–Crippen LogP) is 2.49. The first-order valence-electron chi connectivity index (χ1n) is 6.60. The Hall–Kier alpha value is -2.10. The molecule has 2 heterocycles. The smallest absolute Gasteiger partial charge is 0.258 e. The highest BCUT2D eigenvalue weighted by atomic mass is 16.2. The molecule has 1 amide bonds. The van der Waals surface area contributed by atoms with Gasteiger partial charge in [-0.1, -0.05) is 25.1 Å². The van der Waals surface area contributed by atoms with E-state index in [9.17, 15) is 4.79 Å². The molecule has 98 valence electrons. The largest absolute Gasteiger partial charge is 0.397 e. The van der Waals surface area contributed by atoms with Crippen LogP contribution in [0.5, 0.6) is 0 Å². The van der Waals surface area contributed by atoms with Crippen molar-refractivity contribution in [3.63, 3.8) is 0 Å². The molecule has 4 nitrogen and oxygen atoms in total. The lowest BCUT2D eigenvalue weighted by molar-refractivity contribution is 0.0779. The average Bonchev–Trinajstić information content (AvgIpc) is 2.69. The van der Waals surface area contributed by atoms with Gasteiger partial charge in [0.15, 0.2) is 0 Å². The summed E-state index contributed by atoms with van der Waals surface area (Å²) >= 11 is 0. The van der Waals surface area contributed by atoms with Crippen LogP contribution in [-0.4, -0.2) is 22.3 Å². The molecule has 1 aromatic heterocycles. The number of anilines is 1. The maximum absolute atomic E-state index is 12.3. The van der Waals surface area contributed by atoms with Gasteiger partial charge in [-0.15, -0.1) is 0 Å². The standard InChI is InChI=1S/C15H17N3O/c1-3-7-18-8-11-12(15(18)19)13(16)10-6-4-5-9(2)14(10)17-11/h4-6H,3,7-8H2,1-2H3,(H2,16,17). The number of nitrogen functional groups attached to an aromatic ring is 1. The molecular weight excluding hydrogens is 238 g/mol. The van der Waals surface area contributed by atoms with Gasteiger partial charge in [0.05, 0.1) is 29.0 Å². The van der Waals surface area contributed by atoms with E-state index in [1.54, 1.807) is 0 Å². The number of nitrogens with two attached hydrogens (primary N) is 1. The van der Waals surface area contributed by atoms with Gasteiger partial charge in [0.2, 0.25) is 0 Å². The molecule has 0 unspecified atom stereocenters. The Morgan fingerprint density at radius 1 is 1.42 bits per heavy atom. The van der Waals surface area contributed by atoms with E-state index in [1.165, 1.54) is 0 Å². The molecule has 19 heavy (non-hydrogen) atoms. The number of hydrogen-bond donors (Lipinski definition) is 1. The Balaban J connectivity index is 2.23. The quantitative estimate of drug-likeness (QED) is 0.896. The van der Waals surface area contributed by atoms with Crippen molar-refractivity contribution in [1.29, 1.82) is 0 Å². The molecule has 0 saturated carbocycles. The monoisotopic (exact) mass is 255 g/mol. The van der Waals surface area contributed by atoms with Crippen molar-refractivity contribution in [2.24, 2.45) is 0 Å². The van der Waals surface area contributed by atoms with Crippen LogP contribution in [0.4, 0.5) is 5.69 Å². The molecule has 2 N–H and O–H groups in total. The number of benzene rings is 1. The predicted molar refractivity (Wildman–Crippen MR) is 75.9 cm³/mol. The minimum atomic E-state index is 0.0188. The fraction of sp³-hybridized carbons (Fsp3) is 0.333. The number of amides is 1. The molecule has 0 fully saturated rings. The molecule has 0 spiro atoms. The molecule has 1 aliphatic heterocycles. The van der Waals surface area contributed by atoms with E-state index in [1.807, 2.05) is 30.0 Å². The number of rotatable bonds is 2. The van der Waals surface area contributed by atoms with Gasteiger partial charge in [0.1, 0.15) is 0 Å². The Morgan fingerprint density at radius 3 is 2.95 bits per heavy atom. The SMILES string of the molecule is CCCN1Cc2nc3c(C)cccc3c(N)c2C1=O. The van der Waals surface area contributed by atoms with E-state index >= 15 is 0 Å². The molecule has 0 radical (unpaired) electrons. The molecular formula is C15H17N3O. The second kappa shape index (κ2) is 4.23. The van der Waals surface area contributed by atoms with Crippen molar-refractivity contribution in [3.05, 3.63) is 35.0 Å². The first-order valence-corrected chi connectivity index (χ1v) is 6.60. The fourth-order valence-electron chi connectivity index (χ4n) is 2.72. The normalized spacial score (nSPS) is 14.2. The summed E-state index contributed by atoms with van der Waals surface area (Å²) in [6, 6.07) is 5.90. The third-order valence-corrected chi connectivity index (χ3v) is 3.67. The molecule has 3 rings (SSSR count). The van der Waals surface area contributed by atoms with Crippen LogP contribution in [0, 0.1) is 6.92 Å². The van der Waals surface area contributed by atoms with Crippen LogP contribution < -0.4 is 5.73 Å². The third-order valence-electron chi connectivity index (χ3n) is 3.67. The lowest BCUT2D eigenvalue weighted by atomic mass is 10.0. The summed E-state index contributed by atoms with van der Waals surface area (Å²) in [5.41, 5.74) is 10.2. The topological polar surface area (TPSA) is 59.2 Å². The Labute approximate surface area is 112 Å². The number of nitrogens with zero attached hydrogens (tertiary/aromatic N) is 2. The summed E-state index contributed by atoms with van der Waals surface area (Å²) in [5.74, 6) is 0.0188. The van der Waals surface area contributed by atoms with Gasteiger partial charge in [0.25, 0.3) is 5.91 Å². The molecule has 1 aromatic carbocycles. The van der Waals surface area contributed by atoms with Crippen molar-refractivity contribution in [2.75, 3.05) is 12.3 Å². The summed E-state index contributed by atoms with van der Waals surface area (Å²) in [4.78, 5) is 18.8. The lowest BCUT2D eigenvalue weighted by Gasteiger charge is -2.13. The zero-order chi connectivity index (χ0) is 13.6. The summed E-state index contributed by atoms with van der Waals surface area (Å²) in [6.07, 6.45) is 0.943. The highest BCUT2D eigenvalue weighted by Crippen LogP contribution is 2.33. The van der Waals surface area contributed by atoms with Crippen molar-refractivity contribution in [3.8, 4) is 0 Å². The van der Waals surface area contributed by atoms with Crippen LogP contribution in [0.3, 0.4) is 0 Å². The van der Waals surface area contributed by atoms with E-state index < -0.39 is 0 Å². The Bertz CT molecular complexity index is 679. The molecule has 0 aliphatic carbocycles. The van der Waals surface area contributed by atoms with Crippen molar-refractivity contribution in [1.82, 2.24) is 9.88 Å². The number of aryl methyl sites for hydroxylation is 1. The molecule has 0 atom stereocenters. The first-order chi connectivity index (χ1) is 9.13. The van der Waals surface area contributed by atoms with Gasteiger partial charge < -0.3 is 10.6 Å². The highest BCUT2D eigenvalue weighted by molar-refractivity contribution is 6.09. The van der Waals surface area contributed by atoms with Crippen LogP contribution in [-0.2, 0) is 6.54 Å². The number of pyridine rings is 1. The molecule has 0 saturated heterocycles. The average molecular weight is 255 g/mol. The van der Waals surface area contributed by atoms with Crippen LogP contribution in [0.2, 0.25) is 0 Å². The summed E-state index contributed by atoms with van der Waals surface area (Å²) in [7, 11) is 0. The number of carbonyl (C=O) groups excluding carboxylic acids is 1. The van der Waals surface area contributed by atoms with Crippen LogP contribution in [0.25, 0.3) is 10.9 Å². The molecule has 0 bridgehead atoms. The minimum absolute atomic E-state index is 0.0188. The van der Waals surface area contributed by atoms with Crippen molar-refractivity contribution in [2.45, 2.75) is 26.8 Å². The first kappa shape index (κ1) is 12.0. The highest BCUT2D eigenvalue weighted by Gasteiger charge is 2.31. The number of aromatic nitrogens is 1. The Kier molecular flexibility index (Phi) is 2.66. The molecule has 4 heteroatoms. The van der Waals surface area contributed by atoms with Crippen molar-refractivity contribution >= 4 is 22.5 Å². The zero-order valence-electron chi connectivity index (χ0n) is 11.2. The van der Waals surface area contributed by atoms with Crippen LogP contribution in [0.1, 0.15) is 35.0 Å². The third kappa shape index (κ3) is 1.67. The maximum Gasteiger partial charge on any atom is 0.258 e. The van der Waals surface area contributed by atoms with E-state index in [0.29, 0.717) is 17.8 Å². The van der Waals surface area contributed by atoms with Gasteiger partial charge >= 0.3 is 0 Å². The van der Waals surface area contributed by atoms with Gasteiger partial charge in [-0.2, -0.15) is 0 Å².